The first kappa shape index (κ1) is 13.8. The molecule has 0 radical (unpaired) electrons. The van der Waals surface area contributed by atoms with E-state index in [4.69, 9.17) is 5.11 Å². The van der Waals surface area contributed by atoms with Crippen LogP contribution in [0.5, 0.6) is 0 Å². The highest BCUT2D eigenvalue weighted by atomic mass is 16.4. The number of hydrogen-bond donors (Lipinski definition) is 3. The van der Waals surface area contributed by atoms with Gasteiger partial charge in [-0.3, -0.25) is 4.79 Å². The van der Waals surface area contributed by atoms with Crippen molar-refractivity contribution in [2.75, 3.05) is 20.1 Å². The fourth-order valence-corrected chi connectivity index (χ4v) is 1.92. The standard InChI is InChI=1S/C11H21N3O3/c1-8(7-10(15)16)12-11(17)13-9-3-5-14(2)6-4-9/h8-9H,3-7H2,1-2H3,(H,15,16)(H2,12,13,17). The second kappa shape index (κ2) is 6.44. The molecule has 3 N–H and O–H groups in total. The van der Waals surface area contributed by atoms with Crippen molar-refractivity contribution in [2.45, 2.75) is 38.3 Å². The summed E-state index contributed by atoms with van der Waals surface area (Å²) in [5.74, 6) is -0.905. The number of likely N-dealkylation sites (tertiary alicyclic amines) is 1. The number of carbonyl (C=O) groups is 2. The van der Waals surface area contributed by atoms with Crippen LogP contribution < -0.4 is 10.6 Å². The van der Waals surface area contributed by atoms with Gasteiger partial charge in [-0.1, -0.05) is 0 Å². The molecule has 17 heavy (non-hydrogen) atoms. The van der Waals surface area contributed by atoms with E-state index in [9.17, 15) is 9.59 Å². The smallest absolute Gasteiger partial charge is 0.315 e. The molecule has 0 aromatic heterocycles. The van der Waals surface area contributed by atoms with Gasteiger partial charge in [0.05, 0.1) is 6.42 Å². The summed E-state index contributed by atoms with van der Waals surface area (Å²) in [7, 11) is 2.06. The van der Waals surface area contributed by atoms with Crippen molar-refractivity contribution in [3.8, 4) is 0 Å². The molecule has 98 valence electrons. The zero-order chi connectivity index (χ0) is 12.8. The van der Waals surface area contributed by atoms with Crippen LogP contribution in [0.2, 0.25) is 0 Å². The van der Waals surface area contributed by atoms with Gasteiger partial charge in [-0.15, -0.1) is 0 Å². The number of hydrogen-bond acceptors (Lipinski definition) is 3. The third-order valence-corrected chi connectivity index (χ3v) is 2.91. The highest BCUT2D eigenvalue weighted by Crippen LogP contribution is 2.07. The van der Waals surface area contributed by atoms with Gasteiger partial charge in [0.15, 0.2) is 0 Å². The molecule has 1 fully saturated rings. The Morgan fingerprint density at radius 3 is 2.53 bits per heavy atom. The molecule has 1 saturated heterocycles. The van der Waals surface area contributed by atoms with Gasteiger partial charge < -0.3 is 20.6 Å². The number of urea groups is 1. The maximum Gasteiger partial charge on any atom is 0.315 e. The molecule has 0 saturated carbocycles. The number of amides is 2. The lowest BCUT2D eigenvalue weighted by atomic mass is 10.1. The van der Waals surface area contributed by atoms with E-state index in [1.807, 2.05) is 0 Å². The monoisotopic (exact) mass is 243 g/mol. The van der Waals surface area contributed by atoms with Crippen molar-refractivity contribution in [3.63, 3.8) is 0 Å². The van der Waals surface area contributed by atoms with E-state index in [2.05, 4.69) is 22.6 Å². The van der Waals surface area contributed by atoms with Gasteiger partial charge in [0, 0.05) is 12.1 Å². The summed E-state index contributed by atoms with van der Waals surface area (Å²) in [6, 6.07) is -0.421. The van der Waals surface area contributed by atoms with E-state index in [0.29, 0.717) is 0 Å². The van der Waals surface area contributed by atoms with E-state index < -0.39 is 5.97 Å². The van der Waals surface area contributed by atoms with Gasteiger partial charge in [-0.2, -0.15) is 0 Å². The van der Waals surface area contributed by atoms with Gasteiger partial charge in [-0.25, -0.2) is 4.79 Å². The average Bonchev–Trinajstić information content (AvgIpc) is 2.19. The molecule has 1 heterocycles. The fourth-order valence-electron chi connectivity index (χ4n) is 1.92. The molecular formula is C11H21N3O3. The van der Waals surface area contributed by atoms with E-state index >= 15 is 0 Å². The van der Waals surface area contributed by atoms with E-state index in [1.165, 1.54) is 0 Å². The van der Waals surface area contributed by atoms with Gasteiger partial charge in [-0.05, 0) is 39.9 Å². The first-order chi connectivity index (χ1) is 7.97. The number of aliphatic carboxylic acids is 1. The summed E-state index contributed by atoms with van der Waals surface area (Å²) in [6.45, 7) is 3.65. The molecule has 0 aromatic rings. The highest BCUT2D eigenvalue weighted by molar-refractivity contribution is 5.75. The molecule has 0 aromatic carbocycles. The molecule has 0 aliphatic carbocycles. The average molecular weight is 243 g/mol. The molecule has 1 atom stereocenters. The van der Waals surface area contributed by atoms with Gasteiger partial charge in [0.25, 0.3) is 0 Å². The van der Waals surface area contributed by atoms with Crippen molar-refractivity contribution < 1.29 is 14.7 Å². The number of carboxylic acids is 1. The Kier molecular flexibility index (Phi) is 5.21. The molecule has 0 spiro atoms. The van der Waals surface area contributed by atoms with Crippen molar-refractivity contribution >= 4 is 12.0 Å². The van der Waals surface area contributed by atoms with Crippen LogP contribution in [-0.4, -0.2) is 54.2 Å². The van der Waals surface area contributed by atoms with Gasteiger partial charge in [0.2, 0.25) is 0 Å². The van der Waals surface area contributed by atoms with Crippen LogP contribution in [0.15, 0.2) is 0 Å². The number of carboxylic acid groups (broad SMARTS) is 1. The van der Waals surface area contributed by atoms with Crippen molar-refractivity contribution in [1.29, 1.82) is 0 Å². The zero-order valence-electron chi connectivity index (χ0n) is 10.4. The molecule has 1 rings (SSSR count). The summed E-state index contributed by atoms with van der Waals surface area (Å²) in [6.07, 6.45) is 1.83. The Hall–Kier alpha value is -1.30. The predicted octanol–water partition coefficient (Wildman–Crippen LogP) is 0.243. The molecule has 6 nitrogen and oxygen atoms in total. The zero-order valence-corrected chi connectivity index (χ0v) is 10.4. The molecule has 0 bridgehead atoms. The van der Waals surface area contributed by atoms with E-state index in [0.717, 1.165) is 25.9 Å². The predicted molar refractivity (Wildman–Crippen MR) is 63.9 cm³/mol. The van der Waals surface area contributed by atoms with E-state index in [-0.39, 0.29) is 24.5 Å². The minimum Gasteiger partial charge on any atom is -0.481 e. The van der Waals surface area contributed by atoms with Crippen molar-refractivity contribution in [3.05, 3.63) is 0 Å². The molecule has 1 unspecified atom stereocenters. The molecular weight excluding hydrogens is 222 g/mol. The van der Waals surface area contributed by atoms with Crippen LogP contribution in [0.1, 0.15) is 26.2 Å². The summed E-state index contributed by atoms with van der Waals surface area (Å²) < 4.78 is 0. The first-order valence-corrected chi connectivity index (χ1v) is 5.94. The van der Waals surface area contributed by atoms with Crippen LogP contribution in [-0.2, 0) is 4.79 Å². The van der Waals surface area contributed by atoms with Crippen LogP contribution in [0.3, 0.4) is 0 Å². The lowest BCUT2D eigenvalue weighted by molar-refractivity contribution is -0.137. The molecule has 2 amide bonds. The highest BCUT2D eigenvalue weighted by Gasteiger charge is 2.19. The van der Waals surface area contributed by atoms with Gasteiger partial charge >= 0.3 is 12.0 Å². The summed E-state index contributed by atoms with van der Waals surface area (Å²) in [5.41, 5.74) is 0. The van der Waals surface area contributed by atoms with Crippen molar-refractivity contribution in [2.24, 2.45) is 0 Å². The summed E-state index contributed by atoms with van der Waals surface area (Å²) in [4.78, 5) is 24.2. The SMILES string of the molecule is CC(CC(=O)O)NC(=O)NC1CCN(C)CC1. The molecule has 1 aliphatic rings. The molecule has 1 aliphatic heterocycles. The lowest BCUT2D eigenvalue weighted by Gasteiger charge is -2.29. The Morgan fingerprint density at radius 2 is 2.00 bits per heavy atom. The number of piperidine rings is 1. The van der Waals surface area contributed by atoms with E-state index in [1.54, 1.807) is 6.92 Å². The van der Waals surface area contributed by atoms with Crippen LogP contribution in [0.25, 0.3) is 0 Å². The Labute approximate surface area is 101 Å². The van der Waals surface area contributed by atoms with Crippen LogP contribution in [0.4, 0.5) is 4.79 Å². The Bertz CT molecular complexity index is 275. The quantitative estimate of drug-likeness (QED) is 0.661. The molecule has 6 heteroatoms. The van der Waals surface area contributed by atoms with Gasteiger partial charge in [0.1, 0.15) is 0 Å². The topological polar surface area (TPSA) is 81.7 Å². The number of carbonyl (C=O) groups excluding carboxylic acids is 1. The van der Waals surface area contributed by atoms with Crippen molar-refractivity contribution in [1.82, 2.24) is 15.5 Å². The maximum atomic E-state index is 11.6. The number of rotatable bonds is 4. The minimum atomic E-state index is -0.905. The van der Waals surface area contributed by atoms with Crippen LogP contribution in [0, 0.1) is 0 Å². The Balaban J connectivity index is 2.22. The third kappa shape index (κ3) is 5.53. The first-order valence-electron chi connectivity index (χ1n) is 5.94. The second-order valence-corrected chi connectivity index (χ2v) is 4.69. The number of nitrogens with one attached hydrogen (secondary N) is 2. The number of nitrogens with zero attached hydrogens (tertiary/aromatic N) is 1. The second-order valence-electron chi connectivity index (χ2n) is 4.69. The fraction of sp³-hybridized carbons (Fsp3) is 0.818. The van der Waals surface area contributed by atoms with Crippen LogP contribution >= 0.6 is 0 Å². The lowest BCUT2D eigenvalue weighted by Crippen LogP contribution is -2.49. The third-order valence-electron chi connectivity index (χ3n) is 2.91. The summed E-state index contributed by atoms with van der Waals surface area (Å²) in [5, 5.41) is 14.1. The summed E-state index contributed by atoms with van der Waals surface area (Å²) >= 11 is 0. The maximum absolute atomic E-state index is 11.6. The normalized spacial score (nSPS) is 19.6. The largest absolute Gasteiger partial charge is 0.481 e. The minimum absolute atomic E-state index is 0.0547. The Morgan fingerprint density at radius 1 is 1.41 bits per heavy atom.